The molecule has 0 saturated carbocycles. The summed E-state index contributed by atoms with van der Waals surface area (Å²) in [6.45, 7) is 1.92. The van der Waals surface area contributed by atoms with E-state index in [-0.39, 0.29) is 23.9 Å². The highest BCUT2D eigenvalue weighted by Crippen LogP contribution is 2.22. The monoisotopic (exact) mass is 392 g/mol. The number of fused-ring (bicyclic) bond motifs is 1. The van der Waals surface area contributed by atoms with Crippen molar-refractivity contribution in [2.45, 2.75) is 30.7 Å². The van der Waals surface area contributed by atoms with Crippen LogP contribution in [-0.2, 0) is 23.0 Å². The van der Waals surface area contributed by atoms with E-state index in [1.165, 1.54) is 16.4 Å². The standard InChI is InChI=1S/C18H21FN4O3S/c19-14-4-6-15(7-5-14)27(25,26)22-11-9-21(10-12-22)18(24)16-13-20-23-8-2-1-3-17(16)23/h4-7,13H,1-3,8-12H2. The number of aromatic nitrogens is 2. The minimum Gasteiger partial charge on any atom is -0.336 e. The number of aryl methyl sites for hydroxylation is 1. The molecule has 0 spiro atoms. The Hall–Kier alpha value is -2.26. The number of carbonyl (C=O) groups is 1. The number of rotatable bonds is 3. The van der Waals surface area contributed by atoms with Gasteiger partial charge in [-0.15, -0.1) is 0 Å². The maximum atomic E-state index is 13.1. The normalized spacial score (nSPS) is 18.3. The predicted octanol–water partition coefficient (Wildman–Crippen LogP) is 1.51. The van der Waals surface area contributed by atoms with Gasteiger partial charge >= 0.3 is 0 Å². The van der Waals surface area contributed by atoms with Gasteiger partial charge in [-0.25, -0.2) is 12.8 Å². The molecule has 3 heterocycles. The summed E-state index contributed by atoms with van der Waals surface area (Å²) in [5, 5.41) is 4.31. The molecule has 1 aromatic heterocycles. The molecular formula is C18H21FN4O3S. The number of nitrogens with zero attached hydrogens (tertiary/aromatic N) is 4. The maximum Gasteiger partial charge on any atom is 0.257 e. The van der Waals surface area contributed by atoms with Crippen molar-refractivity contribution in [2.75, 3.05) is 26.2 Å². The third-order valence-corrected chi connectivity index (χ3v) is 7.10. The average Bonchev–Trinajstić information content (AvgIpc) is 3.12. The summed E-state index contributed by atoms with van der Waals surface area (Å²) in [5.74, 6) is -0.564. The first kappa shape index (κ1) is 18.1. The Morgan fingerprint density at radius 3 is 2.41 bits per heavy atom. The van der Waals surface area contributed by atoms with Crippen molar-refractivity contribution in [3.05, 3.63) is 47.5 Å². The summed E-state index contributed by atoms with van der Waals surface area (Å²) in [6.07, 6.45) is 4.60. The lowest BCUT2D eigenvalue weighted by atomic mass is 10.1. The Bertz CT molecular complexity index is 947. The Kier molecular flexibility index (Phi) is 4.73. The van der Waals surface area contributed by atoms with Crippen LogP contribution >= 0.6 is 0 Å². The van der Waals surface area contributed by atoms with Crippen LogP contribution < -0.4 is 0 Å². The Labute approximate surface area is 157 Å². The van der Waals surface area contributed by atoms with E-state index < -0.39 is 15.8 Å². The van der Waals surface area contributed by atoms with E-state index in [0.29, 0.717) is 18.7 Å². The fourth-order valence-corrected chi connectivity index (χ4v) is 5.08. The topological polar surface area (TPSA) is 75.5 Å². The summed E-state index contributed by atoms with van der Waals surface area (Å²) in [5.41, 5.74) is 1.61. The molecule has 0 aliphatic carbocycles. The quantitative estimate of drug-likeness (QED) is 0.793. The first-order chi connectivity index (χ1) is 13.0. The van der Waals surface area contributed by atoms with E-state index in [0.717, 1.165) is 43.6 Å². The number of hydrogen-bond acceptors (Lipinski definition) is 4. The number of carbonyl (C=O) groups excluding carboxylic acids is 1. The van der Waals surface area contributed by atoms with Gasteiger partial charge in [-0.3, -0.25) is 9.48 Å². The van der Waals surface area contributed by atoms with Crippen molar-refractivity contribution in [3.8, 4) is 0 Å². The highest BCUT2D eigenvalue weighted by molar-refractivity contribution is 7.89. The zero-order valence-corrected chi connectivity index (χ0v) is 15.7. The summed E-state index contributed by atoms with van der Waals surface area (Å²) < 4.78 is 41.7. The number of amides is 1. The highest BCUT2D eigenvalue weighted by Gasteiger charge is 2.32. The molecular weight excluding hydrogens is 371 g/mol. The number of sulfonamides is 1. The molecule has 2 aliphatic rings. The van der Waals surface area contributed by atoms with E-state index in [1.807, 2.05) is 4.68 Å². The molecule has 0 N–H and O–H groups in total. The molecule has 9 heteroatoms. The molecule has 2 aromatic rings. The lowest BCUT2D eigenvalue weighted by Crippen LogP contribution is -2.50. The molecule has 4 rings (SSSR count). The number of benzene rings is 1. The third kappa shape index (κ3) is 3.37. The fraction of sp³-hybridized carbons (Fsp3) is 0.444. The second-order valence-corrected chi connectivity index (χ2v) is 8.77. The minimum absolute atomic E-state index is 0.0642. The van der Waals surface area contributed by atoms with Gasteiger partial charge in [0.25, 0.3) is 5.91 Å². The van der Waals surface area contributed by atoms with Crippen molar-refractivity contribution in [3.63, 3.8) is 0 Å². The van der Waals surface area contributed by atoms with Gasteiger partial charge in [0.1, 0.15) is 5.82 Å². The van der Waals surface area contributed by atoms with Gasteiger partial charge in [0.05, 0.1) is 22.3 Å². The molecule has 1 fully saturated rings. The van der Waals surface area contributed by atoms with Gasteiger partial charge in [-0.2, -0.15) is 9.40 Å². The molecule has 0 unspecified atom stereocenters. The summed E-state index contributed by atoms with van der Waals surface area (Å²) in [6, 6.07) is 4.80. The molecule has 2 aliphatic heterocycles. The number of hydrogen-bond donors (Lipinski definition) is 0. The van der Waals surface area contributed by atoms with Crippen molar-refractivity contribution in [2.24, 2.45) is 0 Å². The molecule has 1 aromatic carbocycles. The molecule has 1 saturated heterocycles. The van der Waals surface area contributed by atoms with Gasteiger partial charge in [-0.05, 0) is 43.5 Å². The molecule has 0 radical (unpaired) electrons. The average molecular weight is 392 g/mol. The van der Waals surface area contributed by atoms with Crippen molar-refractivity contribution < 1.29 is 17.6 Å². The lowest BCUT2D eigenvalue weighted by molar-refractivity contribution is 0.0696. The van der Waals surface area contributed by atoms with Crippen LogP contribution in [0.5, 0.6) is 0 Å². The molecule has 27 heavy (non-hydrogen) atoms. The highest BCUT2D eigenvalue weighted by atomic mass is 32.2. The van der Waals surface area contributed by atoms with E-state index >= 15 is 0 Å². The van der Waals surface area contributed by atoms with Crippen molar-refractivity contribution >= 4 is 15.9 Å². The van der Waals surface area contributed by atoms with Crippen LogP contribution in [0.1, 0.15) is 28.9 Å². The van der Waals surface area contributed by atoms with Crippen LogP contribution in [0.3, 0.4) is 0 Å². The predicted molar refractivity (Wildman–Crippen MR) is 96.2 cm³/mol. The van der Waals surface area contributed by atoms with Crippen LogP contribution in [0, 0.1) is 5.82 Å². The molecule has 1 amide bonds. The van der Waals surface area contributed by atoms with Crippen LogP contribution in [0.25, 0.3) is 0 Å². The van der Waals surface area contributed by atoms with E-state index in [2.05, 4.69) is 5.10 Å². The lowest BCUT2D eigenvalue weighted by Gasteiger charge is -2.34. The Morgan fingerprint density at radius 2 is 1.70 bits per heavy atom. The van der Waals surface area contributed by atoms with Gasteiger partial charge < -0.3 is 4.90 Å². The smallest absolute Gasteiger partial charge is 0.257 e. The van der Waals surface area contributed by atoms with Crippen molar-refractivity contribution in [1.29, 1.82) is 0 Å². The summed E-state index contributed by atoms with van der Waals surface area (Å²) in [4.78, 5) is 14.6. The van der Waals surface area contributed by atoms with E-state index in [4.69, 9.17) is 0 Å². The molecule has 0 atom stereocenters. The van der Waals surface area contributed by atoms with Crippen molar-refractivity contribution in [1.82, 2.24) is 19.0 Å². The number of halogens is 1. The SMILES string of the molecule is O=C(c1cnn2c1CCCC2)N1CCN(S(=O)(=O)c2ccc(F)cc2)CC1. The Morgan fingerprint density at radius 1 is 1.00 bits per heavy atom. The first-order valence-corrected chi connectivity index (χ1v) is 10.5. The Balaban J connectivity index is 1.45. The van der Waals surface area contributed by atoms with Gasteiger partial charge in [0.15, 0.2) is 0 Å². The molecule has 0 bridgehead atoms. The summed E-state index contributed by atoms with van der Waals surface area (Å²) >= 11 is 0. The van der Waals surface area contributed by atoms with Gasteiger partial charge in [-0.1, -0.05) is 0 Å². The molecule has 7 nitrogen and oxygen atoms in total. The largest absolute Gasteiger partial charge is 0.336 e. The third-order valence-electron chi connectivity index (χ3n) is 5.19. The van der Waals surface area contributed by atoms with Crippen LogP contribution in [-0.4, -0.2) is 59.5 Å². The second kappa shape index (κ2) is 7.05. The van der Waals surface area contributed by atoms with Gasteiger partial charge in [0.2, 0.25) is 10.0 Å². The summed E-state index contributed by atoms with van der Waals surface area (Å²) in [7, 11) is -3.68. The minimum atomic E-state index is -3.68. The van der Waals surface area contributed by atoms with Gasteiger partial charge in [0, 0.05) is 32.7 Å². The molecule has 144 valence electrons. The van der Waals surface area contributed by atoms with E-state index in [9.17, 15) is 17.6 Å². The fourth-order valence-electron chi connectivity index (χ4n) is 3.66. The van der Waals surface area contributed by atoms with Crippen LogP contribution in [0.15, 0.2) is 35.4 Å². The van der Waals surface area contributed by atoms with Crippen LogP contribution in [0.2, 0.25) is 0 Å². The zero-order chi connectivity index (χ0) is 19.0. The van der Waals surface area contributed by atoms with Crippen LogP contribution in [0.4, 0.5) is 4.39 Å². The maximum absolute atomic E-state index is 13.1. The van der Waals surface area contributed by atoms with E-state index in [1.54, 1.807) is 11.1 Å². The zero-order valence-electron chi connectivity index (χ0n) is 14.8. The second-order valence-electron chi connectivity index (χ2n) is 6.84. The number of piperazine rings is 1. The first-order valence-electron chi connectivity index (χ1n) is 9.06.